The maximum atomic E-state index is 4.88. The average molecular weight is 336 g/mol. The van der Waals surface area contributed by atoms with E-state index in [-0.39, 0.29) is 0 Å². The van der Waals surface area contributed by atoms with E-state index in [1.807, 2.05) is 0 Å². The molecule has 4 nitrogen and oxygen atoms in total. The van der Waals surface area contributed by atoms with Crippen LogP contribution in [-0.2, 0) is 13.0 Å². The summed E-state index contributed by atoms with van der Waals surface area (Å²) in [5.74, 6) is 2.50. The van der Waals surface area contributed by atoms with Crippen molar-refractivity contribution in [3.8, 4) is 0 Å². The van der Waals surface area contributed by atoms with Gasteiger partial charge in [-0.3, -0.25) is 0 Å². The lowest BCUT2D eigenvalue weighted by molar-refractivity contribution is 0.585. The van der Waals surface area contributed by atoms with Crippen LogP contribution in [0.3, 0.4) is 0 Å². The summed E-state index contributed by atoms with van der Waals surface area (Å²) in [7, 11) is 0. The highest BCUT2D eigenvalue weighted by molar-refractivity contribution is 5.50. The third-order valence-corrected chi connectivity index (χ3v) is 5.52. The Morgan fingerprint density at radius 1 is 1.20 bits per heavy atom. The van der Waals surface area contributed by atoms with Crippen LogP contribution in [0.5, 0.6) is 0 Å². The van der Waals surface area contributed by atoms with Gasteiger partial charge < -0.3 is 10.2 Å². The molecule has 4 heteroatoms. The predicted octanol–water partition coefficient (Wildman–Crippen LogP) is 4.52. The molecule has 0 radical (unpaired) electrons. The molecule has 2 aliphatic rings. The molecule has 0 saturated heterocycles. The second-order valence-electron chi connectivity index (χ2n) is 7.65. The zero-order valence-corrected chi connectivity index (χ0v) is 15.5. The molecule has 1 N–H and O–H groups in total. The monoisotopic (exact) mass is 336 g/mol. The Kier molecular flexibility index (Phi) is 4.36. The summed E-state index contributed by atoms with van der Waals surface area (Å²) >= 11 is 0. The molecule has 0 spiro atoms. The topological polar surface area (TPSA) is 41.1 Å². The molecule has 1 aliphatic carbocycles. The van der Waals surface area contributed by atoms with Gasteiger partial charge in [-0.2, -0.15) is 4.98 Å². The minimum atomic E-state index is 0.391. The van der Waals surface area contributed by atoms with Gasteiger partial charge in [-0.1, -0.05) is 31.2 Å². The molecule has 2 heterocycles. The molecule has 0 bridgehead atoms. The molecular weight excluding hydrogens is 308 g/mol. The smallest absolute Gasteiger partial charge is 0.225 e. The highest BCUT2D eigenvalue weighted by Gasteiger charge is 2.29. The SMILES string of the molecule is CC[C@H](C)Nc1nc(C2CC2)cc(N2Cc3ccccc3C[C@H]2C)n1. The zero-order chi connectivity index (χ0) is 17.4. The number of hydrogen-bond acceptors (Lipinski definition) is 4. The molecule has 1 saturated carbocycles. The summed E-state index contributed by atoms with van der Waals surface area (Å²) in [4.78, 5) is 12.1. The summed E-state index contributed by atoms with van der Waals surface area (Å²) in [5.41, 5.74) is 4.10. The molecular formula is C21H28N4. The van der Waals surface area contributed by atoms with Gasteiger partial charge in [0.2, 0.25) is 5.95 Å². The van der Waals surface area contributed by atoms with Crippen molar-refractivity contribution < 1.29 is 0 Å². The van der Waals surface area contributed by atoms with Crippen LogP contribution in [0, 0.1) is 0 Å². The van der Waals surface area contributed by atoms with E-state index in [4.69, 9.17) is 9.97 Å². The van der Waals surface area contributed by atoms with Gasteiger partial charge >= 0.3 is 0 Å². The summed E-state index contributed by atoms with van der Waals surface area (Å²) in [5, 5.41) is 3.48. The lowest BCUT2D eigenvalue weighted by Gasteiger charge is -2.36. The Morgan fingerprint density at radius 2 is 1.96 bits per heavy atom. The highest BCUT2D eigenvalue weighted by atomic mass is 15.3. The maximum Gasteiger partial charge on any atom is 0.225 e. The first-order valence-corrected chi connectivity index (χ1v) is 9.63. The molecule has 2 atom stereocenters. The molecule has 1 aromatic heterocycles. The summed E-state index contributed by atoms with van der Waals surface area (Å²) in [6.45, 7) is 7.61. The van der Waals surface area contributed by atoms with Gasteiger partial charge in [-0.15, -0.1) is 0 Å². The van der Waals surface area contributed by atoms with Crippen LogP contribution in [0.2, 0.25) is 0 Å². The van der Waals surface area contributed by atoms with Gasteiger partial charge in [-0.05, 0) is 50.7 Å². The van der Waals surface area contributed by atoms with Gasteiger partial charge in [0, 0.05) is 30.6 Å². The minimum absolute atomic E-state index is 0.391. The van der Waals surface area contributed by atoms with E-state index in [9.17, 15) is 0 Å². The van der Waals surface area contributed by atoms with E-state index in [1.54, 1.807) is 0 Å². The van der Waals surface area contributed by atoms with Crippen LogP contribution in [-0.4, -0.2) is 22.1 Å². The molecule has 25 heavy (non-hydrogen) atoms. The van der Waals surface area contributed by atoms with Gasteiger partial charge in [0.25, 0.3) is 0 Å². The first-order chi connectivity index (χ1) is 12.1. The fourth-order valence-corrected chi connectivity index (χ4v) is 3.56. The van der Waals surface area contributed by atoms with Gasteiger partial charge in [0.15, 0.2) is 0 Å². The van der Waals surface area contributed by atoms with Crippen LogP contribution in [0.15, 0.2) is 30.3 Å². The predicted molar refractivity (Wildman–Crippen MR) is 103 cm³/mol. The third-order valence-electron chi connectivity index (χ3n) is 5.52. The van der Waals surface area contributed by atoms with E-state index < -0.39 is 0 Å². The molecule has 4 rings (SSSR count). The largest absolute Gasteiger partial charge is 0.352 e. The van der Waals surface area contributed by atoms with Gasteiger partial charge in [-0.25, -0.2) is 4.98 Å². The van der Waals surface area contributed by atoms with Crippen molar-refractivity contribution in [2.24, 2.45) is 0 Å². The number of nitrogens with one attached hydrogen (secondary N) is 1. The Balaban J connectivity index is 1.66. The van der Waals surface area contributed by atoms with Crippen LogP contribution in [0.25, 0.3) is 0 Å². The lowest BCUT2D eigenvalue weighted by atomic mass is 9.95. The second kappa shape index (κ2) is 6.66. The van der Waals surface area contributed by atoms with Crippen LogP contribution in [0.1, 0.15) is 62.8 Å². The van der Waals surface area contributed by atoms with E-state index >= 15 is 0 Å². The number of fused-ring (bicyclic) bond motifs is 1. The van der Waals surface area contributed by atoms with Crippen LogP contribution >= 0.6 is 0 Å². The van der Waals surface area contributed by atoms with Crippen molar-refractivity contribution in [3.05, 3.63) is 47.2 Å². The molecule has 1 aromatic carbocycles. The lowest BCUT2D eigenvalue weighted by Crippen LogP contribution is -2.39. The van der Waals surface area contributed by atoms with Gasteiger partial charge in [0.1, 0.15) is 5.82 Å². The number of hydrogen-bond donors (Lipinski definition) is 1. The number of rotatable bonds is 5. The zero-order valence-electron chi connectivity index (χ0n) is 15.5. The fourth-order valence-electron chi connectivity index (χ4n) is 3.56. The average Bonchev–Trinajstić information content (AvgIpc) is 3.46. The van der Waals surface area contributed by atoms with E-state index in [1.165, 1.54) is 29.7 Å². The number of aromatic nitrogens is 2. The third kappa shape index (κ3) is 3.48. The highest BCUT2D eigenvalue weighted by Crippen LogP contribution is 2.41. The van der Waals surface area contributed by atoms with Crippen LogP contribution in [0.4, 0.5) is 11.8 Å². The van der Waals surface area contributed by atoms with E-state index in [0.29, 0.717) is 18.0 Å². The van der Waals surface area contributed by atoms with Crippen molar-refractivity contribution in [1.29, 1.82) is 0 Å². The summed E-state index contributed by atoms with van der Waals surface area (Å²) in [6.07, 6.45) is 4.67. The minimum Gasteiger partial charge on any atom is -0.352 e. The van der Waals surface area contributed by atoms with Crippen molar-refractivity contribution in [2.45, 2.75) is 71.0 Å². The molecule has 0 amide bonds. The number of nitrogens with zero attached hydrogens (tertiary/aromatic N) is 3. The molecule has 1 aliphatic heterocycles. The van der Waals surface area contributed by atoms with Crippen molar-refractivity contribution in [2.75, 3.05) is 10.2 Å². The normalized spacial score (nSPS) is 20.9. The van der Waals surface area contributed by atoms with Crippen molar-refractivity contribution >= 4 is 11.8 Å². The Bertz CT molecular complexity index is 753. The van der Waals surface area contributed by atoms with E-state index in [0.717, 1.165) is 31.2 Å². The number of benzene rings is 1. The van der Waals surface area contributed by atoms with Gasteiger partial charge in [0.05, 0.1) is 5.69 Å². The quantitative estimate of drug-likeness (QED) is 0.872. The fraction of sp³-hybridized carbons (Fsp3) is 0.524. The van der Waals surface area contributed by atoms with Crippen LogP contribution < -0.4 is 10.2 Å². The molecule has 0 unspecified atom stereocenters. The first kappa shape index (κ1) is 16.4. The van der Waals surface area contributed by atoms with Crippen molar-refractivity contribution in [1.82, 2.24) is 9.97 Å². The van der Waals surface area contributed by atoms with E-state index in [2.05, 4.69) is 61.3 Å². The first-order valence-electron chi connectivity index (χ1n) is 9.63. The summed E-state index contributed by atoms with van der Waals surface area (Å²) in [6, 6.07) is 11.9. The molecule has 132 valence electrons. The Hall–Kier alpha value is -2.10. The second-order valence-corrected chi connectivity index (χ2v) is 7.65. The molecule has 1 fully saturated rings. The number of anilines is 2. The standard InChI is InChI=1S/C21H28N4/c1-4-14(2)22-21-23-19(16-9-10-16)12-20(24-21)25-13-18-8-6-5-7-17(18)11-15(25)3/h5-8,12,14-16H,4,9-11,13H2,1-3H3,(H,22,23,24)/t14-,15+/m0/s1. The Morgan fingerprint density at radius 3 is 2.68 bits per heavy atom. The maximum absolute atomic E-state index is 4.88. The summed E-state index contributed by atoms with van der Waals surface area (Å²) < 4.78 is 0. The molecule has 2 aromatic rings. The van der Waals surface area contributed by atoms with Crippen molar-refractivity contribution in [3.63, 3.8) is 0 Å². The Labute approximate surface area is 150 Å².